The molecule has 5 heteroatoms. The molecule has 0 unspecified atom stereocenters. The summed E-state index contributed by atoms with van der Waals surface area (Å²) in [6.45, 7) is 0.377. The molecule has 2 rings (SSSR count). The van der Waals surface area contributed by atoms with Crippen LogP contribution >= 0.6 is 0 Å². The van der Waals surface area contributed by atoms with Crippen LogP contribution in [-0.2, 0) is 11.2 Å². The van der Waals surface area contributed by atoms with E-state index in [1.165, 1.54) is 7.11 Å². The van der Waals surface area contributed by atoms with Crippen LogP contribution in [0.4, 0.5) is 10.5 Å². The Hall–Kier alpha value is -2.04. The molecule has 1 aromatic rings. The average molecular weight is 220 g/mol. The van der Waals surface area contributed by atoms with Gasteiger partial charge in [-0.3, -0.25) is 0 Å². The van der Waals surface area contributed by atoms with E-state index in [0.717, 1.165) is 10.5 Å². The van der Waals surface area contributed by atoms with Crippen LogP contribution in [0.2, 0.25) is 0 Å². The SMILES string of the molecule is COC(=O)c1ccc2c(c1)CCN2C(=O)[O-]. The number of carbonyl (C=O) groups excluding carboxylic acids is 2. The Morgan fingerprint density at radius 1 is 1.44 bits per heavy atom. The molecule has 0 atom stereocenters. The number of hydrogen-bond acceptors (Lipinski definition) is 4. The lowest BCUT2D eigenvalue weighted by atomic mass is 10.1. The summed E-state index contributed by atoms with van der Waals surface area (Å²) in [6.07, 6.45) is -0.627. The number of rotatable bonds is 1. The molecule has 0 N–H and O–H groups in total. The maximum absolute atomic E-state index is 11.3. The number of methoxy groups -OCH3 is 1. The lowest BCUT2D eigenvalue weighted by Gasteiger charge is -2.19. The van der Waals surface area contributed by atoms with Crippen LogP contribution in [0, 0.1) is 0 Å². The molecule has 0 fully saturated rings. The number of fused-ring (bicyclic) bond motifs is 1. The Bertz CT molecular complexity index is 455. The first-order chi connectivity index (χ1) is 7.63. The first-order valence-corrected chi connectivity index (χ1v) is 4.83. The van der Waals surface area contributed by atoms with Gasteiger partial charge in [-0.15, -0.1) is 0 Å². The Kier molecular flexibility index (Phi) is 2.52. The van der Waals surface area contributed by atoms with Gasteiger partial charge in [0.05, 0.1) is 12.7 Å². The van der Waals surface area contributed by atoms with E-state index in [4.69, 9.17) is 0 Å². The van der Waals surface area contributed by atoms with Crippen molar-refractivity contribution in [1.82, 2.24) is 0 Å². The zero-order valence-corrected chi connectivity index (χ0v) is 8.73. The van der Waals surface area contributed by atoms with Crippen molar-refractivity contribution in [2.75, 3.05) is 18.6 Å². The topological polar surface area (TPSA) is 69.7 Å². The van der Waals surface area contributed by atoms with Gasteiger partial charge in [-0.1, -0.05) is 0 Å². The highest BCUT2D eigenvalue weighted by molar-refractivity contribution is 5.93. The first kappa shape index (κ1) is 10.5. The number of anilines is 1. The molecule has 1 aliphatic heterocycles. The van der Waals surface area contributed by atoms with Crippen molar-refractivity contribution in [3.05, 3.63) is 29.3 Å². The number of ether oxygens (including phenoxy) is 1. The molecule has 0 aromatic heterocycles. The number of nitrogens with zero attached hydrogens (tertiary/aromatic N) is 1. The maximum atomic E-state index is 11.3. The summed E-state index contributed by atoms with van der Waals surface area (Å²) in [7, 11) is 1.31. The van der Waals surface area contributed by atoms with Gasteiger partial charge in [0.15, 0.2) is 0 Å². The highest BCUT2D eigenvalue weighted by atomic mass is 16.5. The molecule has 1 aliphatic rings. The van der Waals surface area contributed by atoms with Crippen molar-refractivity contribution in [2.24, 2.45) is 0 Å². The summed E-state index contributed by atoms with van der Waals surface area (Å²) in [5, 5.41) is 10.8. The van der Waals surface area contributed by atoms with Crippen LogP contribution in [0.3, 0.4) is 0 Å². The molecule has 84 valence electrons. The second-order valence-electron chi connectivity index (χ2n) is 3.50. The third-order valence-corrected chi connectivity index (χ3v) is 2.62. The molecule has 0 radical (unpaired) electrons. The van der Waals surface area contributed by atoms with Crippen molar-refractivity contribution in [3.8, 4) is 0 Å². The highest BCUT2D eigenvalue weighted by Gasteiger charge is 2.21. The lowest BCUT2D eigenvalue weighted by Crippen LogP contribution is -2.40. The van der Waals surface area contributed by atoms with E-state index in [0.29, 0.717) is 24.2 Å². The second-order valence-corrected chi connectivity index (χ2v) is 3.50. The third kappa shape index (κ3) is 1.60. The molecular formula is C11H10NO4-. The number of esters is 1. The summed E-state index contributed by atoms with van der Waals surface area (Å²) in [5.41, 5.74) is 1.85. The first-order valence-electron chi connectivity index (χ1n) is 4.83. The van der Waals surface area contributed by atoms with Crippen LogP contribution in [0.15, 0.2) is 18.2 Å². The predicted molar refractivity (Wildman–Crippen MR) is 54.2 cm³/mol. The van der Waals surface area contributed by atoms with Gasteiger partial charge in [0, 0.05) is 12.2 Å². The number of carboxylic acid groups (broad SMARTS) is 1. The fourth-order valence-corrected chi connectivity index (χ4v) is 1.84. The standard InChI is InChI=1S/C11H11NO4/c1-16-10(13)8-2-3-9-7(6-8)4-5-12(9)11(14)15/h2-3,6H,4-5H2,1H3,(H,14,15)/p-1. The second kappa shape index (κ2) is 3.84. The third-order valence-electron chi connectivity index (χ3n) is 2.62. The van der Waals surface area contributed by atoms with Gasteiger partial charge in [-0.05, 0) is 30.2 Å². The minimum Gasteiger partial charge on any atom is -0.530 e. The van der Waals surface area contributed by atoms with Crippen LogP contribution in [-0.4, -0.2) is 25.7 Å². The number of carbonyl (C=O) groups is 2. The summed E-state index contributed by atoms with van der Waals surface area (Å²) in [6, 6.07) is 4.81. The molecule has 0 aliphatic carbocycles. The molecule has 16 heavy (non-hydrogen) atoms. The number of hydrogen-bond donors (Lipinski definition) is 0. The van der Waals surface area contributed by atoms with Crippen LogP contribution < -0.4 is 10.0 Å². The van der Waals surface area contributed by atoms with Crippen molar-refractivity contribution < 1.29 is 19.4 Å². The minimum absolute atomic E-state index is 0.377. The van der Waals surface area contributed by atoms with Gasteiger partial charge < -0.3 is 19.5 Å². The van der Waals surface area contributed by atoms with Crippen molar-refractivity contribution in [1.29, 1.82) is 0 Å². The molecule has 0 spiro atoms. The molecule has 1 aromatic carbocycles. The van der Waals surface area contributed by atoms with Gasteiger partial charge in [0.25, 0.3) is 0 Å². The Morgan fingerprint density at radius 2 is 2.19 bits per heavy atom. The van der Waals surface area contributed by atoms with Crippen molar-refractivity contribution in [2.45, 2.75) is 6.42 Å². The quantitative estimate of drug-likeness (QED) is 0.633. The van der Waals surface area contributed by atoms with E-state index in [-0.39, 0.29) is 0 Å². The average Bonchev–Trinajstić information content (AvgIpc) is 2.70. The monoisotopic (exact) mass is 220 g/mol. The molecule has 0 saturated carbocycles. The Labute approximate surface area is 92.2 Å². The van der Waals surface area contributed by atoms with Crippen LogP contribution in [0.5, 0.6) is 0 Å². The summed E-state index contributed by atoms with van der Waals surface area (Å²) in [5.74, 6) is -0.422. The zero-order valence-electron chi connectivity index (χ0n) is 8.73. The summed E-state index contributed by atoms with van der Waals surface area (Å²) >= 11 is 0. The zero-order chi connectivity index (χ0) is 11.7. The largest absolute Gasteiger partial charge is 0.530 e. The fraction of sp³-hybridized carbons (Fsp3) is 0.273. The van der Waals surface area contributed by atoms with E-state index < -0.39 is 12.1 Å². The molecule has 1 amide bonds. The van der Waals surface area contributed by atoms with Crippen LogP contribution in [0.25, 0.3) is 0 Å². The summed E-state index contributed by atoms with van der Waals surface area (Å²) < 4.78 is 4.59. The van der Waals surface area contributed by atoms with Gasteiger partial charge in [0.2, 0.25) is 0 Å². The molecule has 1 heterocycles. The smallest absolute Gasteiger partial charge is 0.337 e. The highest BCUT2D eigenvalue weighted by Crippen LogP contribution is 2.28. The Morgan fingerprint density at radius 3 is 2.81 bits per heavy atom. The number of amides is 1. The fourth-order valence-electron chi connectivity index (χ4n) is 1.84. The summed E-state index contributed by atoms with van der Waals surface area (Å²) in [4.78, 5) is 23.2. The van der Waals surface area contributed by atoms with Gasteiger partial charge >= 0.3 is 5.97 Å². The van der Waals surface area contributed by atoms with E-state index in [1.807, 2.05) is 0 Å². The minimum atomic E-state index is -1.22. The van der Waals surface area contributed by atoms with Gasteiger partial charge in [-0.25, -0.2) is 4.79 Å². The molecular weight excluding hydrogens is 210 g/mol. The van der Waals surface area contributed by atoms with E-state index in [9.17, 15) is 14.7 Å². The lowest BCUT2D eigenvalue weighted by molar-refractivity contribution is -0.246. The molecule has 5 nitrogen and oxygen atoms in total. The maximum Gasteiger partial charge on any atom is 0.337 e. The van der Waals surface area contributed by atoms with E-state index in [1.54, 1.807) is 18.2 Å². The molecule has 0 bridgehead atoms. The number of benzene rings is 1. The van der Waals surface area contributed by atoms with Gasteiger partial charge in [-0.2, -0.15) is 0 Å². The van der Waals surface area contributed by atoms with Crippen molar-refractivity contribution in [3.63, 3.8) is 0 Å². The van der Waals surface area contributed by atoms with Gasteiger partial charge in [0.1, 0.15) is 6.09 Å². The van der Waals surface area contributed by atoms with Crippen molar-refractivity contribution >= 4 is 17.7 Å². The normalized spacial score (nSPS) is 13.4. The Balaban J connectivity index is 2.36. The van der Waals surface area contributed by atoms with Crippen LogP contribution in [0.1, 0.15) is 15.9 Å². The molecule has 0 saturated heterocycles. The predicted octanol–water partition coefficient (Wildman–Crippen LogP) is 0.179. The van der Waals surface area contributed by atoms with E-state index >= 15 is 0 Å². The van der Waals surface area contributed by atoms with E-state index in [2.05, 4.69) is 4.74 Å².